The van der Waals surface area contributed by atoms with Crippen LogP contribution in [0.3, 0.4) is 0 Å². The van der Waals surface area contributed by atoms with Crippen molar-refractivity contribution in [2.75, 3.05) is 5.73 Å². The number of hydrogen-bond donors (Lipinski definition) is 2. The molecule has 0 radical (unpaired) electrons. The summed E-state index contributed by atoms with van der Waals surface area (Å²) in [6.07, 6.45) is 0. The lowest BCUT2D eigenvalue weighted by molar-refractivity contribution is 0.0947. The van der Waals surface area contributed by atoms with E-state index in [-0.39, 0.29) is 17.9 Å². The lowest BCUT2D eigenvalue weighted by atomic mass is 9.97. The third-order valence-corrected chi connectivity index (χ3v) is 6.73. The molecular weight excluding hydrogens is 460 g/mol. The predicted molar refractivity (Wildman–Crippen MR) is 137 cm³/mol. The maximum absolute atomic E-state index is 15.1. The zero-order valence-corrected chi connectivity index (χ0v) is 19.6. The number of anilines is 1. The first kappa shape index (κ1) is 22.0. The molecule has 178 valence electrons. The van der Waals surface area contributed by atoms with Crippen LogP contribution in [0.2, 0.25) is 0 Å². The third kappa shape index (κ3) is 3.43. The van der Waals surface area contributed by atoms with Crippen LogP contribution < -0.4 is 11.1 Å². The summed E-state index contributed by atoms with van der Waals surface area (Å²) in [6.45, 7) is 3.91. The molecule has 3 heterocycles. The number of aryl methyl sites for hydroxylation is 2. The lowest BCUT2D eigenvalue weighted by Gasteiger charge is -2.12. The Morgan fingerprint density at radius 3 is 2.31 bits per heavy atom. The Bertz CT molecular complexity index is 1780. The average Bonchev–Trinajstić information content (AvgIpc) is 3.39. The Morgan fingerprint density at radius 1 is 0.889 bits per heavy atom. The van der Waals surface area contributed by atoms with Gasteiger partial charge in [0.2, 0.25) is 0 Å². The molecule has 0 saturated carbocycles. The van der Waals surface area contributed by atoms with Crippen molar-refractivity contribution in [1.29, 1.82) is 0 Å². The van der Waals surface area contributed by atoms with Gasteiger partial charge in [0.25, 0.3) is 5.91 Å². The van der Waals surface area contributed by atoms with Crippen LogP contribution in [0.15, 0.2) is 65.1 Å². The minimum atomic E-state index is -0.621. The van der Waals surface area contributed by atoms with Gasteiger partial charge in [0, 0.05) is 33.8 Å². The molecule has 36 heavy (non-hydrogen) atoms. The van der Waals surface area contributed by atoms with E-state index >= 15 is 4.39 Å². The molecule has 0 spiro atoms. The van der Waals surface area contributed by atoms with Crippen molar-refractivity contribution in [2.45, 2.75) is 20.4 Å². The maximum Gasteiger partial charge on any atom is 0.254 e. The highest BCUT2D eigenvalue weighted by Crippen LogP contribution is 2.42. The van der Waals surface area contributed by atoms with Crippen LogP contribution in [0.25, 0.3) is 43.8 Å². The number of halogens is 2. The summed E-state index contributed by atoms with van der Waals surface area (Å²) in [5.41, 5.74) is 11.1. The van der Waals surface area contributed by atoms with Gasteiger partial charge in [-0.15, -0.1) is 0 Å². The van der Waals surface area contributed by atoms with Gasteiger partial charge in [-0.2, -0.15) is 0 Å². The number of hydrogen-bond acceptors (Lipinski definition) is 4. The minimum Gasteiger partial charge on any atom is -0.455 e. The number of rotatable bonds is 4. The number of amides is 1. The van der Waals surface area contributed by atoms with Crippen LogP contribution in [-0.2, 0) is 6.54 Å². The van der Waals surface area contributed by atoms with Crippen LogP contribution >= 0.6 is 0 Å². The normalized spacial score (nSPS) is 11.7. The summed E-state index contributed by atoms with van der Waals surface area (Å²) >= 11 is 0. The summed E-state index contributed by atoms with van der Waals surface area (Å²) in [5, 5.41) is 5.81. The summed E-state index contributed by atoms with van der Waals surface area (Å²) < 4.78 is 34.4. The van der Waals surface area contributed by atoms with E-state index in [1.165, 1.54) is 24.3 Å². The Hall–Kier alpha value is -4.52. The number of nitrogens with two attached hydrogens (primary N) is 1. The number of pyridine rings is 1. The molecule has 0 atom stereocenters. The molecule has 0 unspecified atom stereocenters. The average molecular weight is 482 g/mol. The van der Waals surface area contributed by atoms with Crippen molar-refractivity contribution < 1.29 is 18.0 Å². The van der Waals surface area contributed by atoms with Crippen molar-refractivity contribution in [3.05, 3.63) is 94.7 Å². The number of nitrogens with zero attached hydrogens (tertiary/aromatic N) is 1. The van der Waals surface area contributed by atoms with Crippen LogP contribution in [0.4, 0.5) is 14.6 Å². The first-order valence-electron chi connectivity index (χ1n) is 11.5. The fourth-order valence-corrected chi connectivity index (χ4v) is 4.91. The van der Waals surface area contributed by atoms with E-state index in [0.717, 1.165) is 33.0 Å². The Labute approximate surface area is 204 Å². The molecule has 1 amide bonds. The second kappa shape index (κ2) is 8.02. The highest BCUT2D eigenvalue weighted by molar-refractivity contribution is 6.26. The number of nitrogen functional groups attached to an aromatic ring is 1. The molecule has 3 aromatic carbocycles. The molecule has 7 heteroatoms. The second-order valence-electron chi connectivity index (χ2n) is 9.02. The summed E-state index contributed by atoms with van der Waals surface area (Å²) in [5.74, 6) is -1.03. The van der Waals surface area contributed by atoms with Gasteiger partial charge in [-0.05, 0) is 78.6 Å². The molecule has 0 aliphatic carbocycles. The number of carbonyl (C=O) groups is 1. The summed E-state index contributed by atoms with van der Waals surface area (Å²) in [6, 6.07) is 16.7. The van der Waals surface area contributed by atoms with E-state index in [1.54, 1.807) is 18.2 Å². The molecular formula is C29H21F2N3O2. The highest BCUT2D eigenvalue weighted by Gasteiger charge is 2.22. The molecule has 5 nitrogen and oxygen atoms in total. The minimum absolute atomic E-state index is 0.0621. The van der Waals surface area contributed by atoms with Gasteiger partial charge >= 0.3 is 0 Å². The summed E-state index contributed by atoms with van der Waals surface area (Å²) in [4.78, 5) is 17.2. The van der Waals surface area contributed by atoms with E-state index < -0.39 is 11.7 Å². The second-order valence-corrected chi connectivity index (χ2v) is 9.02. The van der Waals surface area contributed by atoms with Gasteiger partial charge in [-0.25, -0.2) is 13.8 Å². The number of aromatic nitrogens is 1. The topological polar surface area (TPSA) is 81.1 Å². The SMILES string of the molecule is Cc1cc(N)nc(C)c1CNC(=O)c1cc2c(cc1F)c1oc2c2cc(-c3ccc(F)cc3)ccc21. The molecule has 6 aromatic rings. The maximum atomic E-state index is 15.1. The molecule has 0 aliphatic heterocycles. The zero-order valence-electron chi connectivity index (χ0n) is 19.6. The molecule has 6 rings (SSSR count). The largest absolute Gasteiger partial charge is 0.455 e. The third-order valence-electron chi connectivity index (χ3n) is 6.73. The fourth-order valence-electron chi connectivity index (χ4n) is 4.91. The first-order valence-corrected chi connectivity index (χ1v) is 11.5. The Morgan fingerprint density at radius 2 is 1.56 bits per heavy atom. The zero-order chi connectivity index (χ0) is 25.1. The van der Waals surface area contributed by atoms with E-state index in [9.17, 15) is 9.18 Å². The first-order chi connectivity index (χ1) is 17.3. The fraction of sp³-hybridized carbons (Fsp3) is 0.103. The van der Waals surface area contributed by atoms with Crippen LogP contribution in [0.1, 0.15) is 27.2 Å². The molecule has 2 bridgehead atoms. The lowest BCUT2D eigenvalue weighted by Crippen LogP contribution is -2.25. The van der Waals surface area contributed by atoms with Crippen LogP contribution in [0.5, 0.6) is 0 Å². The highest BCUT2D eigenvalue weighted by atomic mass is 19.1. The van der Waals surface area contributed by atoms with Gasteiger partial charge in [0.15, 0.2) is 0 Å². The quantitative estimate of drug-likeness (QED) is 0.276. The van der Waals surface area contributed by atoms with E-state index in [2.05, 4.69) is 10.3 Å². The van der Waals surface area contributed by atoms with Gasteiger partial charge in [-0.1, -0.05) is 18.2 Å². The van der Waals surface area contributed by atoms with Gasteiger partial charge in [0.05, 0.1) is 5.56 Å². The smallest absolute Gasteiger partial charge is 0.254 e. The summed E-state index contributed by atoms with van der Waals surface area (Å²) in [7, 11) is 0. The van der Waals surface area contributed by atoms with Gasteiger partial charge in [-0.3, -0.25) is 4.79 Å². The molecule has 3 N–H and O–H groups in total. The Kier molecular flexibility index (Phi) is 4.89. The number of carbonyl (C=O) groups excluding carboxylic acids is 1. The van der Waals surface area contributed by atoms with Crippen molar-refractivity contribution in [3.8, 4) is 11.1 Å². The molecule has 3 aromatic heterocycles. The van der Waals surface area contributed by atoms with Crippen molar-refractivity contribution >= 4 is 44.4 Å². The van der Waals surface area contributed by atoms with Crippen molar-refractivity contribution in [1.82, 2.24) is 10.3 Å². The Balaban J connectivity index is 1.38. The van der Waals surface area contributed by atoms with E-state index in [1.807, 2.05) is 32.0 Å². The molecule has 0 saturated heterocycles. The number of fused-ring (bicyclic) bond motifs is 8. The molecule has 0 aliphatic rings. The van der Waals surface area contributed by atoms with Gasteiger partial charge in [0.1, 0.15) is 28.6 Å². The monoisotopic (exact) mass is 481 g/mol. The number of nitrogens with one attached hydrogen (secondary N) is 1. The predicted octanol–water partition coefficient (Wildman–Crippen LogP) is 6.65. The van der Waals surface area contributed by atoms with Crippen molar-refractivity contribution in [3.63, 3.8) is 0 Å². The van der Waals surface area contributed by atoms with E-state index in [0.29, 0.717) is 33.5 Å². The standard InChI is InChI=1S/C29H21F2N3O2/c1-14-9-26(32)34-15(2)24(14)13-33-29(35)23-11-21-22(12-25(23)31)27-19-8-5-17(10-20(19)28(21)36-27)16-3-6-18(30)7-4-16/h3-12H,13H2,1-2H3,(H2,32,34)(H,33,35). The van der Waals surface area contributed by atoms with Gasteiger partial charge < -0.3 is 15.5 Å². The van der Waals surface area contributed by atoms with Crippen LogP contribution in [-0.4, -0.2) is 10.9 Å². The van der Waals surface area contributed by atoms with E-state index in [4.69, 9.17) is 10.2 Å². The number of benzene rings is 4. The molecule has 0 fully saturated rings. The van der Waals surface area contributed by atoms with Crippen LogP contribution in [0, 0.1) is 25.5 Å². The number of furan rings is 2. The van der Waals surface area contributed by atoms with Crippen molar-refractivity contribution in [2.24, 2.45) is 0 Å².